The largest absolute Gasteiger partial charge is 0.453 e. The lowest BCUT2D eigenvalue weighted by Gasteiger charge is -2.43. The molecular formula is C29H48F3N5O5S. The van der Waals surface area contributed by atoms with Crippen molar-refractivity contribution < 1.29 is 35.9 Å². The fourth-order valence-electron chi connectivity index (χ4n) is 8.62. The van der Waals surface area contributed by atoms with E-state index in [4.69, 9.17) is 0 Å². The minimum Gasteiger partial charge on any atom is -0.453 e. The molecule has 5 fully saturated rings. The van der Waals surface area contributed by atoms with Crippen LogP contribution in [0.25, 0.3) is 0 Å². The molecule has 0 bridgehead atoms. The number of hydrogen-bond donors (Lipinski definition) is 2. The minimum absolute atomic E-state index is 0.0880. The van der Waals surface area contributed by atoms with E-state index in [1.807, 2.05) is 13.8 Å². The Hall–Kier alpha value is -1.64. The predicted molar refractivity (Wildman–Crippen MR) is 154 cm³/mol. The highest BCUT2D eigenvalue weighted by Gasteiger charge is 2.59. The van der Waals surface area contributed by atoms with Crippen LogP contribution in [0.4, 0.5) is 18.0 Å². The fourth-order valence-corrected chi connectivity index (χ4v) is 10.6. The number of nitrogens with zero attached hydrogens (tertiary/aromatic N) is 3. The van der Waals surface area contributed by atoms with Gasteiger partial charge in [-0.1, -0.05) is 13.8 Å². The molecule has 4 heterocycles. The molecule has 5 rings (SSSR count). The highest BCUT2D eigenvalue weighted by atomic mass is 32.2. The second kappa shape index (κ2) is 13.0. The number of piperidine rings is 3. The maximum absolute atomic E-state index is 14.2. The van der Waals surface area contributed by atoms with Gasteiger partial charge in [-0.3, -0.25) is 4.79 Å². The maximum atomic E-state index is 14.2. The number of amides is 2. The van der Waals surface area contributed by atoms with Crippen molar-refractivity contribution >= 4 is 22.0 Å². The second-order valence-corrected chi connectivity index (χ2v) is 16.0. The van der Waals surface area contributed by atoms with Crippen molar-refractivity contribution in [2.24, 2.45) is 29.6 Å². The summed E-state index contributed by atoms with van der Waals surface area (Å²) < 4.78 is 75.9. The average Bonchev–Trinajstić information content (AvgIpc) is 3.36. The summed E-state index contributed by atoms with van der Waals surface area (Å²) in [5.41, 5.74) is 2.67. The first kappa shape index (κ1) is 32.7. The molecule has 6 atom stereocenters. The monoisotopic (exact) mass is 635 g/mol. The number of alkyl halides is 3. The Labute approximate surface area is 253 Å². The van der Waals surface area contributed by atoms with E-state index in [-0.39, 0.29) is 29.7 Å². The topological polar surface area (TPSA) is 111 Å². The molecular weight excluding hydrogens is 587 g/mol. The number of alkyl carbamates (subject to hydrolysis) is 1. The van der Waals surface area contributed by atoms with Gasteiger partial charge in [0.25, 0.3) is 0 Å². The van der Waals surface area contributed by atoms with Crippen molar-refractivity contribution in [3.05, 3.63) is 0 Å². The minimum atomic E-state index is -4.53. The summed E-state index contributed by atoms with van der Waals surface area (Å²) in [6.07, 6.45) is 0.622. The number of nitrogens with one attached hydrogen (secondary N) is 2. The number of likely N-dealkylation sites (tertiary alicyclic amines) is 1. The van der Waals surface area contributed by atoms with E-state index in [0.717, 1.165) is 12.8 Å². The maximum Gasteiger partial charge on any atom is 0.407 e. The third kappa shape index (κ3) is 7.12. The van der Waals surface area contributed by atoms with Crippen LogP contribution in [-0.4, -0.2) is 104 Å². The molecule has 43 heavy (non-hydrogen) atoms. The van der Waals surface area contributed by atoms with Crippen molar-refractivity contribution in [1.29, 1.82) is 0 Å². The number of hydrazine groups is 1. The number of halogens is 3. The predicted octanol–water partition coefficient (Wildman–Crippen LogP) is 3.35. The molecule has 246 valence electrons. The Kier molecular flexibility index (Phi) is 9.90. The lowest BCUT2D eigenvalue weighted by atomic mass is 9.74. The molecule has 2 N–H and O–H groups in total. The summed E-state index contributed by atoms with van der Waals surface area (Å²) in [7, 11) is -2.18. The van der Waals surface area contributed by atoms with E-state index < -0.39 is 51.5 Å². The van der Waals surface area contributed by atoms with Crippen molar-refractivity contribution in [3.63, 3.8) is 0 Å². The molecule has 0 aromatic rings. The quantitative estimate of drug-likeness (QED) is 0.477. The van der Waals surface area contributed by atoms with Gasteiger partial charge in [0, 0.05) is 44.8 Å². The third-order valence-electron chi connectivity index (χ3n) is 10.7. The van der Waals surface area contributed by atoms with Crippen molar-refractivity contribution in [1.82, 2.24) is 25.0 Å². The summed E-state index contributed by atoms with van der Waals surface area (Å²) in [5.74, 6) is -0.689. The van der Waals surface area contributed by atoms with Crippen LogP contribution >= 0.6 is 0 Å². The van der Waals surface area contributed by atoms with Gasteiger partial charge in [-0.2, -0.15) is 13.2 Å². The van der Waals surface area contributed by atoms with Crippen molar-refractivity contribution in [2.45, 2.75) is 101 Å². The van der Waals surface area contributed by atoms with E-state index in [9.17, 15) is 31.2 Å². The molecule has 2 amide bonds. The molecule has 0 spiro atoms. The van der Waals surface area contributed by atoms with Crippen LogP contribution in [0.15, 0.2) is 0 Å². The molecule has 1 aliphatic carbocycles. The van der Waals surface area contributed by atoms with Crippen LogP contribution in [0.3, 0.4) is 0 Å². The van der Waals surface area contributed by atoms with Gasteiger partial charge in [0.2, 0.25) is 15.9 Å². The smallest absolute Gasteiger partial charge is 0.407 e. The SMILES string of the molecule is COC(=O)NC1CCC(S(=O)(=O)N2CCC(C3CCN4NC(C(F)(F)F)C(C(=O)N5CC(C)CC(C)C5)C4C3)CC2)CC1. The number of hydrogen-bond acceptors (Lipinski definition) is 7. The van der Waals surface area contributed by atoms with Crippen LogP contribution in [0.2, 0.25) is 0 Å². The average molecular weight is 636 g/mol. The van der Waals surface area contributed by atoms with Crippen LogP contribution in [-0.2, 0) is 19.6 Å². The Morgan fingerprint density at radius 1 is 0.884 bits per heavy atom. The molecule has 6 unspecified atom stereocenters. The molecule has 4 saturated heterocycles. The van der Waals surface area contributed by atoms with Gasteiger partial charge in [0.1, 0.15) is 6.04 Å². The Balaban J connectivity index is 1.19. The summed E-state index contributed by atoms with van der Waals surface area (Å²) in [6, 6.07) is -2.50. The zero-order chi connectivity index (χ0) is 31.1. The van der Waals surface area contributed by atoms with E-state index in [1.54, 1.807) is 14.2 Å². The van der Waals surface area contributed by atoms with Gasteiger partial charge in [-0.05, 0) is 81.5 Å². The number of carbonyl (C=O) groups excluding carboxylic acids is 2. The van der Waals surface area contributed by atoms with Gasteiger partial charge < -0.3 is 15.0 Å². The summed E-state index contributed by atoms with van der Waals surface area (Å²) in [4.78, 5) is 26.9. The van der Waals surface area contributed by atoms with E-state index >= 15 is 0 Å². The van der Waals surface area contributed by atoms with E-state index in [1.165, 1.54) is 7.11 Å². The number of ether oxygens (including phenoxy) is 1. The Morgan fingerprint density at radius 2 is 1.49 bits per heavy atom. The van der Waals surface area contributed by atoms with Gasteiger partial charge in [-0.25, -0.2) is 28.0 Å². The van der Waals surface area contributed by atoms with Crippen LogP contribution < -0.4 is 10.7 Å². The summed E-state index contributed by atoms with van der Waals surface area (Å²) in [5, 5.41) is 3.95. The summed E-state index contributed by atoms with van der Waals surface area (Å²) in [6.45, 7) is 6.36. The molecule has 14 heteroatoms. The van der Waals surface area contributed by atoms with Crippen LogP contribution in [0.1, 0.15) is 71.6 Å². The number of methoxy groups -OCH3 is 1. The third-order valence-corrected chi connectivity index (χ3v) is 13.1. The highest BCUT2D eigenvalue weighted by Crippen LogP contribution is 2.44. The lowest BCUT2D eigenvalue weighted by molar-refractivity contribution is -0.173. The van der Waals surface area contributed by atoms with Crippen molar-refractivity contribution in [2.75, 3.05) is 39.8 Å². The first-order valence-electron chi connectivity index (χ1n) is 16.0. The van der Waals surface area contributed by atoms with Crippen molar-refractivity contribution in [3.8, 4) is 0 Å². The number of sulfonamides is 1. The number of rotatable bonds is 5. The van der Waals surface area contributed by atoms with Crippen LogP contribution in [0.5, 0.6) is 0 Å². The fraction of sp³-hybridized carbons (Fsp3) is 0.931. The zero-order valence-electron chi connectivity index (χ0n) is 25.5. The van der Waals surface area contributed by atoms with Gasteiger partial charge in [0.05, 0.1) is 18.3 Å². The first-order chi connectivity index (χ1) is 20.3. The lowest BCUT2D eigenvalue weighted by Crippen LogP contribution is -2.53. The second-order valence-electron chi connectivity index (χ2n) is 13.8. The molecule has 10 nitrogen and oxygen atoms in total. The zero-order valence-corrected chi connectivity index (χ0v) is 26.3. The molecule has 0 aromatic carbocycles. The van der Waals surface area contributed by atoms with Crippen LogP contribution in [0, 0.1) is 29.6 Å². The van der Waals surface area contributed by atoms with Gasteiger partial charge in [0.15, 0.2) is 0 Å². The summed E-state index contributed by atoms with van der Waals surface area (Å²) >= 11 is 0. The normalized spacial score (nSPS) is 37.1. The molecule has 5 aliphatic rings. The Morgan fingerprint density at radius 3 is 2.07 bits per heavy atom. The molecule has 0 aromatic heterocycles. The first-order valence-corrected chi connectivity index (χ1v) is 17.5. The number of carbonyl (C=O) groups is 2. The molecule has 1 saturated carbocycles. The van der Waals surface area contributed by atoms with E-state index in [0.29, 0.717) is 77.7 Å². The standard InChI is InChI=1S/C29H48F3N5O5S/c1-18-14-19(2)17-35(16-18)27(38)25-24-15-21(10-13-37(24)34-26(25)29(30,31)32)20-8-11-36(12-9-20)43(40,41)23-6-4-22(5-7-23)33-28(39)42-3/h18-26,34H,4-17H2,1-3H3,(H,33,39). The van der Waals surface area contributed by atoms with Gasteiger partial charge >= 0.3 is 12.3 Å². The van der Waals surface area contributed by atoms with Gasteiger partial charge in [-0.15, -0.1) is 0 Å². The molecule has 4 aliphatic heterocycles. The Bertz CT molecular complexity index is 1100. The van der Waals surface area contributed by atoms with E-state index in [2.05, 4.69) is 15.5 Å². The molecule has 0 radical (unpaired) electrons. The number of fused-ring (bicyclic) bond motifs is 1. The highest BCUT2D eigenvalue weighted by molar-refractivity contribution is 7.89.